The van der Waals surface area contributed by atoms with Crippen molar-refractivity contribution >= 4 is 11.8 Å². The van der Waals surface area contributed by atoms with Gasteiger partial charge in [-0.2, -0.15) is 11.8 Å². The van der Waals surface area contributed by atoms with Crippen molar-refractivity contribution in [3.63, 3.8) is 0 Å². The molecule has 2 unspecified atom stereocenters. The molecule has 1 aliphatic carbocycles. The predicted molar refractivity (Wildman–Crippen MR) is 67.0 cm³/mol. The lowest BCUT2D eigenvalue weighted by Gasteiger charge is -2.24. The molecule has 0 radical (unpaired) electrons. The molecule has 1 rings (SSSR count). The summed E-state index contributed by atoms with van der Waals surface area (Å²) in [5.74, 6) is 2.19. The fourth-order valence-corrected chi connectivity index (χ4v) is 2.45. The zero-order chi connectivity index (χ0) is 10.8. The van der Waals surface area contributed by atoms with Crippen molar-refractivity contribution in [3.05, 3.63) is 0 Å². The molecule has 1 N–H and O–H groups in total. The number of rotatable bonds is 5. The maximum absolute atomic E-state index is 3.69. The molecule has 0 aromatic heterocycles. The Labute approximate surface area is 93.4 Å². The van der Waals surface area contributed by atoms with Gasteiger partial charge in [-0.3, -0.25) is 0 Å². The predicted octanol–water partition coefficient (Wildman–Crippen LogP) is 3.29. The highest BCUT2D eigenvalue weighted by atomic mass is 32.2. The lowest BCUT2D eigenvalue weighted by molar-refractivity contribution is 0.453. The van der Waals surface area contributed by atoms with Crippen molar-refractivity contribution in [1.29, 1.82) is 0 Å². The topological polar surface area (TPSA) is 12.0 Å². The maximum Gasteiger partial charge on any atom is 0.0132 e. The molecule has 14 heavy (non-hydrogen) atoms. The van der Waals surface area contributed by atoms with E-state index in [4.69, 9.17) is 0 Å². The second-order valence-electron chi connectivity index (χ2n) is 5.62. The van der Waals surface area contributed by atoms with E-state index in [1.54, 1.807) is 0 Å². The molecule has 84 valence electrons. The van der Waals surface area contributed by atoms with Crippen LogP contribution in [0.25, 0.3) is 0 Å². The van der Waals surface area contributed by atoms with Gasteiger partial charge in [-0.25, -0.2) is 0 Å². The van der Waals surface area contributed by atoms with Crippen LogP contribution in [-0.2, 0) is 0 Å². The molecule has 1 saturated carbocycles. The maximum atomic E-state index is 3.69. The minimum absolute atomic E-state index is 0.402. The number of nitrogens with one attached hydrogen (secondary N) is 1. The molecule has 1 nitrogen and oxygen atoms in total. The van der Waals surface area contributed by atoms with Gasteiger partial charge in [0.25, 0.3) is 0 Å². The van der Waals surface area contributed by atoms with E-state index in [0.29, 0.717) is 10.8 Å². The van der Waals surface area contributed by atoms with Gasteiger partial charge in [0.1, 0.15) is 0 Å². The highest BCUT2D eigenvalue weighted by molar-refractivity contribution is 8.00. The summed E-state index contributed by atoms with van der Waals surface area (Å²) in [6.45, 7) is 11.5. The third-order valence-electron chi connectivity index (χ3n) is 2.64. The lowest BCUT2D eigenvalue weighted by Crippen LogP contribution is -2.38. The van der Waals surface area contributed by atoms with Crippen LogP contribution in [0.3, 0.4) is 0 Å². The summed E-state index contributed by atoms with van der Waals surface area (Å²) in [7, 11) is 0. The third kappa shape index (κ3) is 5.26. The molecule has 0 aromatic rings. The third-order valence-corrected chi connectivity index (χ3v) is 4.18. The Hall–Kier alpha value is 0.310. The van der Waals surface area contributed by atoms with Gasteiger partial charge in [-0.15, -0.1) is 0 Å². The molecule has 1 fully saturated rings. The fraction of sp³-hybridized carbons (Fsp3) is 1.00. The smallest absolute Gasteiger partial charge is 0.0132 e. The first-order chi connectivity index (χ1) is 6.38. The molecule has 0 aromatic carbocycles. The first kappa shape index (κ1) is 12.4. The van der Waals surface area contributed by atoms with Gasteiger partial charge in [0.2, 0.25) is 0 Å². The van der Waals surface area contributed by atoms with Gasteiger partial charge in [-0.05, 0) is 32.6 Å². The summed E-state index contributed by atoms with van der Waals surface area (Å²) in [4.78, 5) is 0. The SMILES string of the molecule is CC(CSC(C)(C)C)NC(C)C1CC1. The molecule has 0 heterocycles. The van der Waals surface area contributed by atoms with Crippen molar-refractivity contribution in [1.82, 2.24) is 5.32 Å². The zero-order valence-electron chi connectivity index (χ0n) is 10.3. The number of thioether (sulfide) groups is 1. The Bertz CT molecular complexity index is 170. The van der Waals surface area contributed by atoms with E-state index in [2.05, 4.69) is 51.7 Å². The van der Waals surface area contributed by atoms with Gasteiger partial charge in [0.15, 0.2) is 0 Å². The summed E-state index contributed by atoms with van der Waals surface area (Å²) < 4.78 is 0.402. The molecular weight excluding hydrogens is 190 g/mol. The van der Waals surface area contributed by atoms with Crippen LogP contribution in [0.4, 0.5) is 0 Å². The van der Waals surface area contributed by atoms with E-state index < -0.39 is 0 Å². The molecule has 2 atom stereocenters. The minimum Gasteiger partial charge on any atom is -0.311 e. The first-order valence-electron chi connectivity index (χ1n) is 5.78. The molecule has 0 amide bonds. The first-order valence-corrected chi connectivity index (χ1v) is 6.77. The van der Waals surface area contributed by atoms with Crippen molar-refractivity contribution in [2.45, 2.75) is 64.3 Å². The van der Waals surface area contributed by atoms with Crippen LogP contribution in [0.5, 0.6) is 0 Å². The second kappa shape index (κ2) is 4.89. The summed E-state index contributed by atoms with van der Waals surface area (Å²) in [6.07, 6.45) is 2.88. The monoisotopic (exact) mass is 215 g/mol. The molecule has 0 aliphatic heterocycles. The summed E-state index contributed by atoms with van der Waals surface area (Å²) in [5, 5.41) is 3.69. The van der Waals surface area contributed by atoms with Gasteiger partial charge >= 0.3 is 0 Å². The fourth-order valence-electron chi connectivity index (χ4n) is 1.60. The van der Waals surface area contributed by atoms with Crippen LogP contribution >= 0.6 is 11.8 Å². The van der Waals surface area contributed by atoms with Crippen molar-refractivity contribution < 1.29 is 0 Å². The van der Waals surface area contributed by atoms with E-state index in [0.717, 1.165) is 12.0 Å². The van der Waals surface area contributed by atoms with Crippen LogP contribution in [-0.4, -0.2) is 22.6 Å². The van der Waals surface area contributed by atoms with Crippen molar-refractivity contribution in [2.24, 2.45) is 5.92 Å². The van der Waals surface area contributed by atoms with Crippen LogP contribution in [0.2, 0.25) is 0 Å². The molecule has 0 saturated heterocycles. The van der Waals surface area contributed by atoms with E-state index >= 15 is 0 Å². The van der Waals surface area contributed by atoms with Crippen molar-refractivity contribution in [3.8, 4) is 0 Å². The molecular formula is C12H25NS. The van der Waals surface area contributed by atoms with E-state index in [1.807, 2.05) is 0 Å². The highest BCUT2D eigenvalue weighted by Crippen LogP contribution is 2.32. The van der Waals surface area contributed by atoms with Gasteiger partial charge < -0.3 is 5.32 Å². The quantitative estimate of drug-likeness (QED) is 0.755. The summed E-state index contributed by atoms with van der Waals surface area (Å²) >= 11 is 2.05. The van der Waals surface area contributed by atoms with E-state index in [-0.39, 0.29) is 0 Å². The second-order valence-corrected chi connectivity index (χ2v) is 7.46. The van der Waals surface area contributed by atoms with E-state index in [1.165, 1.54) is 18.6 Å². The summed E-state index contributed by atoms with van der Waals surface area (Å²) in [6, 6.07) is 1.38. The molecule has 1 aliphatic rings. The molecule has 0 bridgehead atoms. The number of hydrogen-bond donors (Lipinski definition) is 1. The van der Waals surface area contributed by atoms with Crippen LogP contribution in [0, 0.1) is 5.92 Å². The average molecular weight is 215 g/mol. The van der Waals surface area contributed by atoms with Crippen LogP contribution < -0.4 is 5.32 Å². The van der Waals surface area contributed by atoms with E-state index in [9.17, 15) is 0 Å². The van der Waals surface area contributed by atoms with Crippen LogP contribution in [0.1, 0.15) is 47.5 Å². The number of hydrogen-bond acceptors (Lipinski definition) is 2. The standard InChI is InChI=1S/C12H25NS/c1-9(8-14-12(3,4)5)13-10(2)11-6-7-11/h9-11,13H,6-8H2,1-5H3. The highest BCUT2D eigenvalue weighted by Gasteiger charge is 2.28. The molecule has 0 spiro atoms. The Morgan fingerprint density at radius 1 is 1.29 bits per heavy atom. The molecule has 2 heteroatoms. The van der Waals surface area contributed by atoms with Gasteiger partial charge in [-0.1, -0.05) is 20.8 Å². The van der Waals surface area contributed by atoms with Crippen LogP contribution in [0.15, 0.2) is 0 Å². The minimum atomic E-state index is 0.402. The zero-order valence-corrected chi connectivity index (χ0v) is 11.1. The lowest BCUT2D eigenvalue weighted by atomic mass is 10.2. The Balaban J connectivity index is 2.11. The average Bonchev–Trinajstić information content (AvgIpc) is 2.81. The van der Waals surface area contributed by atoms with Gasteiger partial charge in [0.05, 0.1) is 0 Å². The van der Waals surface area contributed by atoms with Gasteiger partial charge in [0, 0.05) is 22.6 Å². The van der Waals surface area contributed by atoms with Crippen molar-refractivity contribution in [2.75, 3.05) is 5.75 Å². The Morgan fingerprint density at radius 3 is 2.29 bits per heavy atom. The largest absolute Gasteiger partial charge is 0.311 e. The normalized spacial score (nSPS) is 22.1. The summed E-state index contributed by atoms with van der Waals surface area (Å²) in [5.41, 5.74) is 0. The Kier molecular flexibility index (Phi) is 4.32. The Morgan fingerprint density at radius 2 is 1.86 bits per heavy atom.